The molecule has 0 fully saturated rings. The van der Waals surface area contributed by atoms with Crippen LogP contribution in [-0.2, 0) is 16.0 Å². The van der Waals surface area contributed by atoms with Crippen LogP contribution in [0.5, 0.6) is 0 Å². The molecule has 0 spiro atoms. The average Bonchev–Trinajstić information content (AvgIpc) is 2.99. The Balaban J connectivity index is 0. The lowest BCUT2D eigenvalue weighted by molar-refractivity contribution is -0.131. The van der Waals surface area contributed by atoms with Crippen LogP contribution in [0.3, 0.4) is 0 Å². The van der Waals surface area contributed by atoms with Gasteiger partial charge in [-0.1, -0.05) is 121 Å². The molecule has 0 heterocycles. The number of hydrogen-bond acceptors (Lipinski definition) is 2. The molecule has 3 rings (SSSR count). The molecule has 0 bridgehead atoms. The molecular formula is C36H45NO3. The van der Waals surface area contributed by atoms with Gasteiger partial charge in [0.05, 0.1) is 0 Å². The number of carboxylic acid groups (broad SMARTS) is 1. The van der Waals surface area contributed by atoms with Crippen molar-refractivity contribution in [1.82, 2.24) is 0 Å². The van der Waals surface area contributed by atoms with Gasteiger partial charge in [-0.2, -0.15) is 0 Å². The van der Waals surface area contributed by atoms with Crippen molar-refractivity contribution in [2.24, 2.45) is 5.92 Å². The first-order valence-corrected chi connectivity index (χ1v) is 13.7. The molecule has 3 aromatic carbocycles. The van der Waals surface area contributed by atoms with E-state index in [1.807, 2.05) is 70.2 Å². The van der Waals surface area contributed by atoms with E-state index in [2.05, 4.69) is 49.6 Å². The van der Waals surface area contributed by atoms with Crippen molar-refractivity contribution in [1.29, 1.82) is 0 Å². The third-order valence-electron chi connectivity index (χ3n) is 4.62. The molecule has 3 aromatic rings. The molecule has 40 heavy (non-hydrogen) atoms. The number of carboxylic acids is 1. The van der Waals surface area contributed by atoms with Gasteiger partial charge in [-0.25, -0.2) is 4.79 Å². The smallest absolute Gasteiger partial charge is 0.328 e. The maximum Gasteiger partial charge on any atom is 0.328 e. The minimum absolute atomic E-state index is 0.251. The van der Waals surface area contributed by atoms with E-state index in [-0.39, 0.29) is 5.91 Å². The summed E-state index contributed by atoms with van der Waals surface area (Å²) in [4.78, 5) is 23.2. The van der Waals surface area contributed by atoms with Crippen LogP contribution in [0.25, 0.3) is 17.2 Å². The number of benzene rings is 3. The number of carbonyl (C=O) groups excluding carboxylic acids is 1. The van der Waals surface area contributed by atoms with Crippen LogP contribution < -0.4 is 5.32 Å². The second-order valence-electron chi connectivity index (χ2n) is 7.76. The molecule has 4 nitrogen and oxygen atoms in total. The van der Waals surface area contributed by atoms with Crippen LogP contribution in [0.1, 0.15) is 66.0 Å². The third kappa shape index (κ3) is 16.3. The van der Waals surface area contributed by atoms with Gasteiger partial charge in [0.25, 0.3) is 0 Å². The number of rotatable bonds is 7. The molecule has 0 aliphatic heterocycles. The van der Waals surface area contributed by atoms with Gasteiger partial charge in [0.1, 0.15) is 5.92 Å². The topological polar surface area (TPSA) is 66.4 Å². The Morgan fingerprint density at radius 1 is 0.850 bits per heavy atom. The molecule has 0 saturated carbocycles. The fraction of sp³-hybridized carbons (Fsp3) is 0.278. The lowest BCUT2D eigenvalue weighted by Crippen LogP contribution is -2.23. The number of nitrogens with one attached hydrogen (secondary N) is 1. The lowest BCUT2D eigenvalue weighted by Gasteiger charge is -2.12. The van der Waals surface area contributed by atoms with Gasteiger partial charge in [-0.3, -0.25) is 4.79 Å². The number of aliphatic carboxylic acids is 1. The molecule has 4 heteroatoms. The van der Waals surface area contributed by atoms with Crippen LogP contribution >= 0.6 is 0 Å². The molecule has 0 aliphatic carbocycles. The van der Waals surface area contributed by atoms with Crippen molar-refractivity contribution in [3.05, 3.63) is 96.1 Å². The number of anilines is 1. The van der Waals surface area contributed by atoms with E-state index in [1.54, 1.807) is 31.2 Å². The van der Waals surface area contributed by atoms with Crippen LogP contribution in [-0.4, -0.2) is 17.0 Å². The summed E-state index contributed by atoms with van der Waals surface area (Å²) in [5.41, 5.74) is 4.56. The van der Waals surface area contributed by atoms with Gasteiger partial charge >= 0.3 is 5.97 Å². The van der Waals surface area contributed by atoms with Gasteiger partial charge < -0.3 is 10.4 Å². The number of hydrogen-bond donors (Lipinski definition) is 2. The predicted molar refractivity (Wildman–Crippen MR) is 173 cm³/mol. The van der Waals surface area contributed by atoms with E-state index in [0.717, 1.165) is 28.3 Å². The van der Waals surface area contributed by atoms with Crippen molar-refractivity contribution in [3.8, 4) is 35.8 Å². The minimum atomic E-state index is -1.01. The van der Waals surface area contributed by atoms with E-state index in [4.69, 9.17) is 11.5 Å². The fourth-order valence-electron chi connectivity index (χ4n) is 3.00. The molecule has 1 unspecified atom stereocenters. The predicted octanol–water partition coefficient (Wildman–Crippen LogP) is 8.99. The summed E-state index contributed by atoms with van der Waals surface area (Å²) in [6, 6.07) is 25.0. The van der Waals surface area contributed by atoms with Gasteiger partial charge in [-0.15, -0.1) is 18.8 Å². The Morgan fingerprint density at radius 2 is 1.32 bits per heavy atom. The van der Waals surface area contributed by atoms with Crippen LogP contribution in [0.2, 0.25) is 0 Å². The Bertz CT molecular complexity index is 1180. The summed E-state index contributed by atoms with van der Waals surface area (Å²) in [5.74, 6) is 2.96. The van der Waals surface area contributed by atoms with Crippen molar-refractivity contribution >= 4 is 23.6 Å². The highest BCUT2D eigenvalue weighted by molar-refractivity contribution is 5.94. The van der Waals surface area contributed by atoms with Crippen LogP contribution in [0.4, 0.5) is 5.69 Å². The van der Waals surface area contributed by atoms with Crippen molar-refractivity contribution in [2.75, 3.05) is 5.32 Å². The van der Waals surface area contributed by atoms with E-state index >= 15 is 0 Å². The maximum absolute atomic E-state index is 12.6. The summed E-state index contributed by atoms with van der Waals surface area (Å²) in [7, 11) is 0. The Labute approximate surface area is 242 Å². The van der Waals surface area contributed by atoms with Crippen LogP contribution in [0.15, 0.2) is 84.9 Å². The Morgan fingerprint density at radius 3 is 1.77 bits per heavy atom. The molecule has 2 N–H and O–H groups in total. The lowest BCUT2D eigenvalue weighted by atomic mass is 9.97. The monoisotopic (exact) mass is 539 g/mol. The van der Waals surface area contributed by atoms with E-state index in [9.17, 15) is 9.59 Å². The molecule has 1 atom stereocenters. The highest BCUT2D eigenvalue weighted by atomic mass is 16.4. The normalized spacial score (nSPS) is 9.62. The minimum Gasteiger partial charge on any atom is -0.478 e. The first-order valence-electron chi connectivity index (χ1n) is 13.7. The molecule has 0 aliphatic rings. The third-order valence-corrected chi connectivity index (χ3v) is 4.62. The first-order chi connectivity index (χ1) is 19.4. The van der Waals surface area contributed by atoms with Gasteiger partial charge in [0.15, 0.2) is 0 Å². The number of terminal acetylenes is 2. The Hall–Kier alpha value is -4.54. The summed E-state index contributed by atoms with van der Waals surface area (Å²) in [6.45, 7) is 13.9. The summed E-state index contributed by atoms with van der Waals surface area (Å²) in [5, 5.41) is 11.5. The SMILES string of the molecule is C#CC.C#CC(Cc1ccc(-c2ccccc2)cc1)C(=O)Nc1ccc(/C=C/C(=O)O)cc1.CC.CC.CCC. The van der Waals surface area contributed by atoms with Crippen molar-refractivity contribution < 1.29 is 14.7 Å². The Kier molecular flexibility index (Phi) is 23.3. The number of amides is 1. The van der Waals surface area contributed by atoms with Gasteiger partial charge in [0.2, 0.25) is 5.91 Å². The zero-order valence-corrected chi connectivity index (χ0v) is 25.1. The highest BCUT2D eigenvalue weighted by Crippen LogP contribution is 2.21. The summed E-state index contributed by atoms with van der Waals surface area (Å²) >= 11 is 0. The maximum atomic E-state index is 12.6. The molecule has 212 valence electrons. The second kappa shape index (κ2) is 24.8. The van der Waals surface area contributed by atoms with E-state index in [0.29, 0.717) is 12.1 Å². The zero-order chi connectivity index (χ0) is 30.8. The summed E-state index contributed by atoms with van der Waals surface area (Å²) < 4.78 is 0. The van der Waals surface area contributed by atoms with Gasteiger partial charge in [-0.05, 0) is 53.8 Å². The average molecular weight is 540 g/mol. The highest BCUT2D eigenvalue weighted by Gasteiger charge is 2.16. The fourth-order valence-corrected chi connectivity index (χ4v) is 3.00. The van der Waals surface area contributed by atoms with Gasteiger partial charge in [0, 0.05) is 11.8 Å². The zero-order valence-electron chi connectivity index (χ0n) is 25.1. The molecule has 0 saturated heterocycles. The van der Waals surface area contributed by atoms with E-state index in [1.165, 1.54) is 12.5 Å². The standard InChI is InChI=1S/C26H21NO3.C3H8.C3H4.2C2H6/c1-2-21(18-20-8-13-23(14-9-20)22-6-4-3-5-7-22)26(30)27-24-15-10-19(11-16-24)12-17-25(28)29;2*1-3-2;2*1-2/h1,3-17,21H,18H2,(H,27,30)(H,28,29);3H2,1-2H3;1H,2H3;2*1-2H3/b17-12+;;;;. The van der Waals surface area contributed by atoms with E-state index < -0.39 is 11.9 Å². The first kappa shape index (κ1) is 37.6. The quantitative estimate of drug-likeness (QED) is 0.233. The molecule has 0 radical (unpaired) electrons. The second-order valence-corrected chi connectivity index (χ2v) is 7.76. The summed E-state index contributed by atoms with van der Waals surface area (Å²) in [6.07, 6.45) is 14.4. The molecule has 1 amide bonds. The van der Waals surface area contributed by atoms with Crippen molar-refractivity contribution in [3.63, 3.8) is 0 Å². The van der Waals surface area contributed by atoms with Crippen molar-refractivity contribution in [2.45, 2.75) is 61.3 Å². The largest absolute Gasteiger partial charge is 0.478 e. The molecular weight excluding hydrogens is 494 g/mol. The van der Waals surface area contributed by atoms with Crippen LogP contribution in [0, 0.1) is 30.6 Å². The number of carbonyl (C=O) groups is 2. The molecule has 0 aromatic heterocycles.